The molecule has 0 amide bonds. The summed E-state index contributed by atoms with van der Waals surface area (Å²) in [4.78, 5) is 0. The molecule has 0 heterocycles. The van der Waals surface area contributed by atoms with Gasteiger partial charge in [0.25, 0.3) is 0 Å². The zero-order chi connectivity index (χ0) is 14.0. The van der Waals surface area contributed by atoms with Gasteiger partial charge in [0.1, 0.15) is 0 Å². The van der Waals surface area contributed by atoms with E-state index in [-0.39, 0.29) is 21.1 Å². The van der Waals surface area contributed by atoms with Crippen molar-refractivity contribution in [2.75, 3.05) is 0 Å². The Morgan fingerprint density at radius 3 is 1.24 bits per heavy atom. The third kappa shape index (κ3) is 690. The normalized spacial score (nSPS) is 7.65. The Morgan fingerprint density at radius 1 is 1.12 bits per heavy atom. The molecule has 106 valence electrons. The molecule has 0 unspecified atom stereocenters. The summed E-state index contributed by atoms with van der Waals surface area (Å²) in [5.41, 5.74) is 1.17. The first kappa shape index (κ1) is 30.3. The average molecular weight is 411 g/mol. The van der Waals surface area contributed by atoms with Crippen molar-refractivity contribution < 1.29 is 21.1 Å². The molecule has 0 radical (unpaired) electrons. The second-order valence-corrected chi connectivity index (χ2v) is 4.42. The van der Waals surface area contributed by atoms with E-state index in [0.717, 1.165) is 5.92 Å². The summed E-state index contributed by atoms with van der Waals surface area (Å²) >= 11 is 0. The van der Waals surface area contributed by atoms with Crippen LogP contribution in [-0.4, -0.2) is 0 Å². The van der Waals surface area contributed by atoms with Crippen LogP contribution in [0.4, 0.5) is 0 Å². The fourth-order valence-corrected chi connectivity index (χ4v) is 0. The summed E-state index contributed by atoms with van der Waals surface area (Å²) < 4.78 is 0. The van der Waals surface area contributed by atoms with Crippen LogP contribution >= 0.6 is 0 Å². The molecule has 0 N–H and O–H groups in total. The van der Waals surface area contributed by atoms with Crippen molar-refractivity contribution in [3.63, 3.8) is 0 Å². The van der Waals surface area contributed by atoms with Crippen molar-refractivity contribution in [2.45, 2.75) is 68.7 Å². The van der Waals surface area contributed by atoms with Crippen LogP contribution in [0.2, 0.25) is 0 Å². The Hall–Kier alpha value is 0.168. The van der Waals surface area contributed by atoms with Crippen molar-refractivity contribution in [1.82, 2.24) is 0 Å². The van der Waals surface area contributed by atoms with Crippen LogP contribution in [0.1, 0.15) is 68.7 Å². The van der Waals surface area contributed by atoms with Crippen molar-refractivity contribution in [3.8, 4) is 0 Å². The number of unbranched alkanes of at least 4 members (excludes halogenated alkanes) is 1. The molecule has 0 aromatic heterocycles. The molecular formula is C16H35W-. The number of rotatable bonds is 1. The van der Waals surface area contributed by atoms with Crippen LogP contribution in [0.25, 0.3) is 0 Å². The molecule has 0 spiro atoms. The average Bonchev–Trinajstić information content (AvgIpc) is 2.16. The molecule has 17 heavy (non-hydrogen) atoms. The van der Waals surface area contributed by atoms with E-state index in [1.54, 1.807) is 0 Å². The van der Waals surface area contributed by atoms with Crippen LogP contribution in [0, 0.1) is 12.3 Å². The Balaban J connectivity index is -0.0000000369. The zero-order valence-electron chi connectivity index (χ0n) is 13.6. The fraction of sp³-hybridized carbons (Fsp3) is 0.688. The third-order valence-electron chi connectivity index (χ3n) is 0.742. The molecule has 0 aromatic rings. The minimum atomic E-state index is 0. The van der Waals surface area contributed by atoms with Gasteiger partial charge in [0, 0.05) is 21.1 Å². The second-order valence-electron chi connectivity index (χ2n) is 4.42. The summed E-state index contributed by atoms with van der Waals surface area (Å²) in [5.74, 6) is 0.833. The van der Waals surface area contributed by atoms with Gasteiger partial charge in [0.2, 0.25) is 0 Å². The Kier molecular flexibility index (Phi) is 64.1. The Morgan fingerprint density at radius 2 is 1.24 bits per heavy atom. The first-order chi connectivity index (χ1) is 7.29. The van der Waals surface area contributed by atoms with Crippen LogP contribution in [0.5, 0.6) is 0 Å². The number of hydrogen-bond acceptors (Lipinski definition) is 0. The van der Waals surface area contributed by atoms with Gasteiger partial charge >= 0.3 is 0 Å². The Labute approximate surface area is 126 Å². The summed E-state index contributed by atoms with van der Waals surface area (Å²) in [6.45, 7) is 22.2. The molecule has 0 atom stereocenters. The van der Waals surface area contributed by atoms with Crippen LogP contribution in [0.3, 0.4) is 0 Å². The predicted octanol–water partition coefficient (Wildman–Crippen LogP) is 6.45. The minimum Gasteiger partial charge on any atom is -0.332 e. The second kappa shape index (κ2) is 36.0. The fourth-order valence-electron chi connectivity index (χ4n) is 0. The van der Waals surface area contributed by atoms with Crippen molar-refractivity contribution in [1.29, 1.82) is 0 Å². The summed E-state index contributed by atoms with van der Waals surface area (Å²) in [6.07, 6.45) is 7.32. The summed E-state index contributed by atoms with van der Waals surface area (Å²) in [5, 5.41) is 0. The molecule has 0 aliphatic carbocycles. The monoisotopic (exact) mass is 411 g/mol. The van der Waals surface area contributed by atoms with Gasteiger partial charge in [0.05, 0.1) is 0 Å². The van der Waals surface area contributed by atoms with Crippen LogP contribution in [-0.2, 0) is 21.1 Å². The third-order valence-corrected chi connectivity index (χ3v) is 0.742. The Bertz CT molecular complexity index is 111. The number of allylic oxidation sites excluding steroid dienone is 3. The smallest absolute Gasteiger partial charge is 0 e. The maximum atomic E-state index is 3.56. The van der Waals surface area contributed by atoms with Crippen LogP contribution < -0.4 is 0 Å². The molecule has 0 fully saturated rings. The van der Waals surface area contributed by atoms with Gasteiger partial charge in [-0.05, 0) is 33.6 Å². The van der Waals surface area contributed by atoms with Crippen molar-refractivity contribution in [3.05, 3.63) is 30.7 Å². The maximum absolute atomic E-state index is 3.56. The van der Waals surface area contributed by atoms with Crippen LogP contribution in [0.15, 0.2) is 24.3 Å². The van der Waals surface area contributed by atoms with E-state index in [1.165, 1.54) is 12.0 Å². The minimum absolute atomic E-state index is 0. The SMILES string of the molecule is C=C(C)C.CC(C)C.CC=CC.C[CH-]CC.[W]. The van der Waals surface area contributed by atoms with E-state index in [1.807, 2.05) is 39.8 Å². The van der Waals surface area contributed by atoms with Crippen molar-refractivity contribution in [2.24, 2.45) is 5.92 Å². The summed E-state index contributed by atoms with van der Waals surface area (Å²) in [7, 11) is 0. The van der Waals surface area contributed by atoms with E-state index in [9.17, 15) is 0 Å². The number of hydrogen-bond donors (Lipinski definition) is 0. The summed E-state index contributed by atoms with van der Waals surface area (Å²) in [6, 6.07) is 0. The van der Waals surface area contributed by atoms with Gasteiger partial charge in [-0.25, -0.2) is 0 Å². The first-order valence-electron chi connectivity index (χ1n) is 6.27. The van der Waals surface area contributed by atoms with Gasteiger partial charge in [-0.1, -0.05) is 45.4 Å². The molecule has 0 saturated carbocycles. The molecular weight excluding hydrogens is 376 g/mol. The standard InChI is InChI=1S/C4H10.C4H8.C4H9.C4H8.W/c2*1-4(2)3;2*1-3-4-2;/h4H,1-3H3;1H2,2-3H3;3H,4H2,1-2H3;3-4H,1-2H3;/q;;-1;;. The van der Waals surface area contributed by atoms with Gasteiger partial charge in [-0.3, -0.25) is 0 Å². The van der Waals surface area contributed by atoms with Gasteiger partial charge in [-0.15, -0.1) is 6.58 Å². The molecule has 0 nitrogen and oxygen atoms in total. The molecule has 0 aliphatic heterocycles. The van der Waals surface area contributed by atoms with E-state index >= 15 is 0 Å². The molecule has 0 aromatic carbocycles. The van der Waals surface area contributed by atoms with E-state index in [4.69, 9.17) is 0 Å². The topological polar surface area (TPSA) is 0 Å². The quantitative estimate of drug-likeness (QED) is 0.344. The molecule has 0 bridgehead atoms. The zero-order valence-corrected chi connectivity index (χ0v) is 16.6. The maximum Gasteiger partial charge on any atom is 0 e. The van der Waals surface area contributed by atoms with Crippen molar-refractivity contribution >= 4 is 0 Å². The predicted molar refractivity (Wildman–Crippen MR) is 81.8 cm³/mol. The molecule has 0 saturated heterocycles. The first-order valence-corrected chi connectivity index (χ1v) is 6.27. The van der Waals surface area contributed by atoms with E-state index in [2.05, 4.69) is 47.6 Å². The van der Waals surface area contributed by atoms with Gasteiger partial charge in [-0.2, -0.15) is 13.3 Å². The largest absolute Gasteiger partial charge is 0.332 e. The molecule has 1 heteroatoms. The molecule has 0 aliphatic rings. The van der Waals surface area contributed by atoms with E-state index in [0.29, 0.717) is 0 Å². The molecule has 0 rings (SSSR count). The van der Waals surface area contributed by atoms with Gasteiger partial charge < -0.3 is 6.42 Å². The van der Waals surface area contributed by atoms with E-state index < -0.39 is 0 Å². The van der Waals surface area contributed by atoms with Gasteiger partial charge in [0.15, 0.2) is 0 Å².